The third-order valence-electron chi connectivity index (χ3n) is 14.8. The van der Waals surface area contributed by atoms with Crippen molar-refractivity contribution in [3.05, 3.63) is 245 Å². The van der Waals surface area contributed by atoms with Crippen LogP contribution in [0, 0.1) is 0 Å². The van der Waals surface area contributed by atoms with Crippen LogP contribution in [-0.4, -0.2) is 20.2 Å². The minimum Gasteiger partial charge on any atom is -0.309 e. The monoisotopic (exact) mass is 820 g/mol. The molecule has 4 heterocycles. The molecule has 10 aromatic rings. The number of nitrogens with one attached hydrogen (secondary N) is 1. The Morgan fingerprint density at radius 3 is 2.16 bits per heavy atom. The van der Waals surface area contributed by atoms with E-state index in [9.17, 15) is 0 Å². The summed E-state index contributed by atoms with van der Waals surface area (Å²) in [5.41, 5.74) is 16.4. The predicted octanol–water partition coefficient (Wildman–Crippen LogP) is 13.8. The van der Waals surface area contributed by atoms with Crippen LogP contribution in [0.5, 0.6) is 0 Å². The van der Waals surface area contributed by atoms with Gasteiger partial charge in [0.1, 0.15) is 5.69 Å². The van der Waals surface area contributed by atoms with Crippen LogP contribution >= 0.6 is 11.8 Å². The number of fused-ring (bicyclic) bond motifs is 18. The first-order valence-electron chi connectivity index (χ1n) is 22.1. The van der Waals surface area contributed by atoms with Gasteiger partial charge in [0.2, 0.25) is 0 Å². The van der Waals surface area contributed by atoms with Gasteiger partial charge in [-0.05, 0) is 115 Å². The highest BCUT2D eigenvalue weighted by Crippen LogP contribution is 2.64. The Balaban J connectivity index is 1.04. The van der Waals surface area contributed by atoms with E-state index in [1.807, 2.05) is 0 Å². The Bertz CT molecular complexity index is 3790. The van der Waals surface area contributed by atoms with Gasteiger partial charge in [-0.3, -0.25) is 0 Å². The first-order chi connectivity index (χ1) is 31.2. The number of hydrogen-bond donors (Lipinski definition) is 1. The second kappa shape index (κ2) is 12.4. The first kappa shape index (κ1) is 34.2. The van der Waals surface area contributed by atoms with Gasteiger partial charge in [-0.1, -0.05) is 152 Å². The molecule has 0 radical (unpaired) electrons. The van der Waals surface area contributed by atoms with E-state index in [1.165, 1.54) is 110 Å². The molecule has 3 aliphatic heterocycles. The van der Waals surface area contributed by atoms with Crippen LogP contribution in [0.3, 0.4) is 0 Å². The van der Waals surface area contributed by atoms with Crippen molar-refractivity contribution in [3.8, 4) is 16.8 Å². The van der Waals surface area contributed by atoms with Gasteiger partial charge in [0.25, 0.3) is 12.0 Å². The number of rotatable bonds is 3. The SMILES string of the molecule is C1=CC2Sc3c(cc4c5c3c3ccccc3n5-c3ccccc3C43c4ccccc4-c4ccc([N+]5=C(c6ccc7ccccc7c6)NC5c5ccc6ccccc6c5)cc43)C2C=C1. The van der Waals surface area contributed by atoms with Crippen LogP contribution in [0.25, 0.3) is 60.2 Å². The fraction of sp³-hybridized carbons (Fsp3) is 0.0678. The van der Waals surface area contributed by atoms with Crippen LogP contribution in [0.1, 0.15) is 51.0 Å². The van der Waals surface area contributed by atoms with Crippen molar-refractivity contribution in [1.29, 1.82) is 0 Å². The predicted molar refractivity (Wildman–Crippen MR) is 260 cm³/mol. The van der Waals surface area contributed by atoms with Gasteiger partial charge in [-0.25, -0.2) is 5.32 Å². The van der Waals surface area contributed by atoms with Crippen LogP contribution in [-0.2, 0) is 5.41 Å². The molecule has 4 unspecified atom stereocenters. The van der Waals surface area contributed by atoms with Crippen LogP contribution in [0.15, 0.2) is 211 Å². The van der Waals surface area contributed by atoms with E-state index in [-0.39, 0.29) is 6.17 Å². The third-order valence-corrected chi connectivity index (χ3v) is 16.2. The number of thioether (sulfide) groups is 1. The summed E-state index contributed by atoms with van der Waals surface area (Å²) < 4.78 is 5.15. The van der Waals surface area contributed by atoms with Crippen LogP contribution < -0.4 is 5.32 Å². The lowest BCUT2D eigenvalue weighted by Gasteiger charge is -2.40. The van der Waals surface area contributed by atoms with Gasteiger partial charge in [0.15, 0.2) is 0 Å². The molecule has 3 nitrogen and oxygen atoms in total. The van der Waals surface area contributed by atoms with Gasteiger partial charge < -0.3 is 4.57 Å². The Kier molecular flexibility index (Phi) is 6.72. The fourth-order valence-electron chi connectivity index (χ4n) is 12.1. The minimum absolute atomic E-state index is 0.0539. The summed E-state index contributed by atoms with van der Waals surface area (Å²) in [6, 6.07) is 68.8. The number of para-hydroxylation sites is 2. The summed E-state index contributed by atoms with van der Waals surface area (Å²) in [6.45, 7) is 0. The Morgan fingerprint density at radius 2 is 1.27 bits per heavy atom. The molecule has 294 valence electrons. The molecular weight excluding hydrogens is 783 g/mol. The van der Waals surface area contributed by atoms with E-state index in [2.05, 4.69) is 233 Å². The number of allylic oxidation sites excluding steroid dienone is 3. The van der Waals surface area contributed by atoms with E-state index in [4.69, 9.17) is 0 Å². The highest BCUT2D eigenvalue weighted by molar-refractivity contribution is 8.00. The van der Waals surface area contributed by atoms with Crippen molar-refractivity contribution in [2.75, 3.05) is 0 Å². The molecule has 1 spiro atoms. The minimum atomic E-state index is -0.562. The smallest absolute Gasteiger partial charge is 0.289 e. The lowest BCUT2D eigenvalue weighted by Crippen LogP contribution is -2.51. The molecule has 0 saturated heterocycles. The second-order valence-electron chi connectivity index (χ2n) is 17.8. The third kappa shape index (κ3) is 4.39. The molecule has 1 aromatic heterocycles. The molecule has 0 saturated carbocycles. The quantitative estimate of drug-likeness (QED) is 0.179. The number of benzene rings is 9. The molecule has 4 atom stereocenters. The number of nitrogens with zero attached hydrogens (tertiary/aromatic N) is 2. The molecule has 9 aromatic carbocycles. The zero-order valence-corrected chi connectivity index (χ0v) is 35.0. The molecule has 63 heavy (non-hydrogen) atoms. The van der Waals surface area contributed by atoms with Crippen molar-refractivity contribution >= 4 is 66.6 Å². The zero-order chi connectivity index (χ0) is 41.0. The summed E-state index contributed by atoms with van der Waals surface area (Å²) >= 11 is 2.05. The van der Waals surface area contributed by atoms with Gasteiger partial charge >= 0.3 is 0 Å². The Morgan fingerprint density at radius 1 is 0.556 bits per heavy atom. The lowest BCUT2D eigenvalue weighted by molar-refractivity contribution is -0.531. The fourth-order valence-corrected chi connectivity index (χ4v) is 13.6. The maximum Gasteiger partial charge on any atom is 0.289 e. The van der Waals surface area contributed by atoms with Gasteiger partial charge in [0.05, 0.1) is 27.7 Å². The van der Waals surface area contributed by atoms with Crippen molar-refractivity contribution < 1.29 is 4.58 Å². The highest BCUT2D eigenvalue weighted by atomic mass is 32.2. The van der Waals surface area contributed by atoms with Crippen molar-refractivity contribution in [1.82, 2.24) is 9.88 Å². The van der Waals surface area contributed by atoms with Gasteiger partial charge in [-0.2, -0.15) is 4.58 Å². The molecule has 4 heteroatoms. The zero-order valence-electron chi connectivity index (χ0n) is 34.2. The Hall–Kier alpha value is -7.40. The maximum atomic E-state index is 3.99. The topological polar surface area (TPSA) is 20.0 Å². The summed E-state index contributed by atoms with van der Waals surface area (Å²) in [4.78, 5) is 1.43. The molecule has 0 amide bonds. The number of hydrogen-bond acceptors (Lipinski definition) is 2. The lowest BCUT2D eigenvalue weighted by atomic mass is 9.64. The Labute approximate surface area is 369 Å². The normalized spacial score (nSPS) is 20.8. The average Bonchev–Trinajstić information content (AvgIpc) is 3.97. The van der Waals surface area contributed by atoms with E-state index in [0.717, 1.165) is 5.84 Å². The molecule has 0 fully saturated rings. The molecule has 2 aliphatic carbocycles. The average molecular weight is 821 g/mol. The van der Waals surface area contributed by atoms with Crippen LogP contribution in [0.4, 0.5) is 5.69 Å². The van der Waals surface area contributed by atoms with Crippen molar-refractivity contribution in [2.45, 2.75) is 27.6 Å². The summed E-state index contributed by atoms with van der Waals surface area (Å²) in [7, 11) is 0. The highest BCUT2D eigenvalue weighted by Gasteiger charge is 2.53. The van der Waals surface area contributed by atoms with E-state index < -0.39 is 5.41 Å². The molecule has 1 N–H and O–H groups in total. The van der Waals surface area contributed by atoms with Gasteiger partial charge in [-0.15, -0.1) is 11.8 Å². The molecule has 15 rings (SSSR count). The number of amidine groups is 1. The van der Waals surface area contributed by atoms with Crippen LogP contribution in [0.2, 0.25) is 0 Å². The molecule has 0 bridgehead atoms. The standard InChI is InChI=1S/C59H37N3S/c1-3-15-37-31-39(27-25-35(37)13-1)57-60-58(40-28-26-36-14-2-4-16-38(36)32-40)61(57)41-29-30-43-42-17-5-8-20-47(42)59(49(43)33-41)48-21-9-11-23-52(48)62-51-22-10-6-19-45(51)54-55(62)50(59)34-46-44-18-7-12-24-53(44)63-56(46)54/h1-34,44,53,57H/p+1. The summed E-state index contributed by atoms with van der Waals surface area (Å²) in [5.74, 6) is 1.44. The van der Waals surface area contributed by atoms with Crippen molar-refractivity contribution in [3.63, 3.8) is 0 Å². The summed E-state index contributed by atoms with van der Waals surface area (Å²) in [6.07, 6.45) is 9.28. The number of aromatic nitrogens is 1. The summed E-state index contributed by atoms with van der Waals surface area (Å²) in [5, 5.41) is 12.1. The van der Waals surface area contributed by atoms with Gasteiger partial charge in [0, 0.05) is 32.4 Å². The molecular formula is C59H38N3S+. The largest absolute Gasteiger partial charge is 0.309 e. The maximum absolute atomic E-state index is 3.99. The molecule has 5 aliphatic rings. The van der Waals surface area contributed by atoms with E-state index in [0.29, 0.717) is 11.2 Å². The van der Waals surface area contributed by atoms with Crippen molar-refractivity contribution in [2.24, 2.45) is 0 Å². The second-order valence-corrected chi connectivity index (χ2v) is 19.0. The first-order valence-corrected chi connectivity index (χ1v) is 23.0. The van der Waals surface area contributed by atoms with E-state index in [1.54, 1.807) is 0 Å². The van der Waals surface area contributed by atoms with E-state index >= 15 is 0 Å².